The van der Waals surface area contributed by atoms with Crippen molar-refractivity contribution in [1.29, 1.82) is 0 Å². The van der Waals surface area contributed by atoms with Crippen molar-refractivity contribution < 1.29 is 14.2 Å². The van der Waals surface area contributed by atoms with Crippen molar-refractivity contribution in [2.75, 3.05) is 76.9 Å². The summed E-state index contributed by atoms with van der Waals surface area (Å²) in [5.41, 5.74) is 3.23. The zero-order valence-electron chi connectivity index (χ0n) is 20.5. The van der Waals surface area contributed by atoms with Gasteiger partial charge in [-0.05, 0) is 19.4 Å². The maximum Gasteiger partial charge on any atom is 0.147 e. The van der Waals surface area contributed by atoms with E-state index >= 15 is 0 Å². The fraction of sp³-hybridized carbons (Fsp3) is 0.625. The summed E-state index contributed by atoms with van der Waals surface area (Å²) in [5, 5.41) is 4.54. The molecule has 1 fully saturated rings. The first-order valence-corrected chi connectivity index (χ1v) is 12.8. The van der Waals surface area contributed by atoms with Crippen LogP contribution in [0.1, 0.15) is 25.0 Å². The number of hydrogen-bond donors (Lipinski definition) is 1. The molecule has 0 bridgehead atoms. The molecule has 0 atom stereocenters. The molecule has 0 amide bonds. The van der Waals surface area contributed by atoms with Crippen LogP contribution in [0.2, 0.25) is 0 Å². The predicted molar refractivity (Wildman–Crippen MR) is 136 cm³/mol. The summed E-state index contributed by atoms with van der Waals surface area (Å²) < 4.78 is 18.0. The van der Waals surface area contributed by atoms with Gasteiger partial charge in [-0.25, -0.2) is 15.0 Å². The summed E-state index contributed by atoms with van der Waals surface area (Å²) in [5.74, 6) is 1.85. The maximum atomic E-state index is 6.25. The van der Waals surface area contributed by atoms with Crippen molar-refractivity contribution in [3.63, 3.8) is 0 Å². The second kappa shape index (κ2) is 9.87. The van der Waals surface area contributed by atoms with Crippen LogP contribution in [-0.2, 0) is 27.2 Å². The van der Waals surface area contributed by atoms with E-state index in [1.54, 1.807) is 24.8 Å². The van der Waals surface area contributed by atoms with E-state index in [2.05, 4.69) is 41.0 Å². The summed E-state index contributed by atoms with van der Waals surface area (Å²) in [4.78, 5) is 20.1. The number of fused-ring (bicyclic) bond motifs is 5. The molecule has 2 aliphatic rings. The van der Waals surface area contributed by atoms with Crippen LogP contribution in [0.15, 0.2) is 6.33 Å². The summed E-state index contributed by atoms with van der Waals surface area (Å²) in [6.07, 6.45) is 2.47. The highest BCUT2D eigenvalue weighted by Gasteiger charge is 2.32. The largest absolute Gasteiger partial charge is 0.383 e. The molecule has 9 nitrogen and oxygen atoms in total. The SMILES string of the molecule is COCCNc1ncnc2c1sc1nc(N(C)CCN3CCOCC3)c3c(c12)CC(C)(C)OC3. The minimum atomic E-state index is -0.230. The molecule has 3 aromatic heterocycles. The van der Waals surface area contributed by atoms with Crippen molar-refractivity contribution in [3.8, 4) is 0 Å². The van der Waals surface area contributed by atoms with Gasteiger partial charge in [0.25, 0.3) is 0 Å². The average Bonchev–Trinajstić information content (AvgIpc) is 3.22. The van der Waals surface area contributed by atoms with Gasteiger partial charge in [0.1, 0.15) is 22.8 Å². The molecule has 5 rings (SSSR count). The van der Waals surface area contributed by atoms with E-state index in [1.165, 1.54) is 11.1 Å². The summed E-state index contributed by atoms with van der Waals surface area (Å²) in [6, 6.07) is 0. The molecule has 0 unspecified atom stereocenters. The molecule has 0 radical (unpaired) electrons. The molecule has 0 spiro atoms. The molecule has 0 saturated carbocycles. The fourth-order valence-electron chi connectivity index (χ4n) is 4.72. The second-order valence-corrected chi connectivity index (χ2v) is 10.6. The Kier molecular flexibility index (Phi) is 6.85. The summed E-state index contributed by atoms with van der Waals surface area (Å²) in [6.45, 7) is 11.7. The number of thiophene rings is 1. The Hall–Kier alpha value is -2.11. The molecular formula is C24H34N6O3S. The van der Waals surface area contributed by atoms with Gasteiger partial charge in [0.2, 0.25) is 0 Å². The first-order chi connectivity index (χ1) is 16.5. The molecule has 184 valence electrons. The fourth-order valence-corrected chi connectivity index (χ4v) is 5.84. The maximum absolute atomic E-state index is 6.25. The number of methoxy groups -OCH3 is 1. The molecule has 2 aliphatic heterocycles. The topological polar surface area (TPSA) is 84.9 Å². The van der Waals surface area contributed by atoms with Crippen LogP contribution in [0, 0.1) is 0 Å². The zero-order chi connectivity index (χ0) is 23.7. The number of nitrogens with zero attached hydrogens (tertiary/aromatic N) is 5. The van der Waals surface area contributed by atoms with E-state index in [1.807, 2.05) is 0 Å². The van der Waals surface area contributed by atoms with Gasteiger partial charge in [-0.15, -0.1) is 11.3 Å². The quantitative estimate of drug-likeness (QED) is 0.483. The Balaban J connectivity index is 1.55. The van der Waals surface area contributed by atoms with Crippen LogP contribution >= 0.6 is 11.3 Å². The van der Waals surface area contributed by atoms with Gasteiger partial charge >= 0.3 is 0 Å². The number of morpholine rings is 1. The first-order valence-electron chi connectivity index (χ1n) is 11.9. The zero-order valence-corrected chi connectivity index (χ0v) is 21.3. The molecule has 3 aromatic rings. The van der Waals surface area contributed by atoms with Crippen LogP contribution in [0.25, 0.3) is 20.4 Å². The van der Waals surface area contributed by atoms with Crippen molar-refractivity contribution in [2.45, 2.75) is 32.5 Å². The predicted octanol–water partition coefficient (Wildman–Crippen LogP) is 2.92. The van der Waals surface area contributed by atoms with E-state index in [9.17, 15) is 0 Å². The van der Waals surface area contributed by atoms with Gasteiger partial charge in [-0.2, -0.15) is 0 Å². The molecule has 0 aliphatic carbocycles. The number of anilines is 2. The molecule has 5 heterocycles. The van der Waals surface area contributed by atoms with Gasteiger partial charge < -0.3 is 24.4 Å². The minimum Gasteiger partial charge on any atom is -0.383 e. The monoisotopic (exact) mass is 486 g/mol. The summed E-state index contributed by atoms with van der Waals surface area (Å²) >= 11 is 1.66. The lowest BCUT2D eigenvalue weighted by Gasteiger charge is -2.35. The smallest absolute Gasteiger partial charge is 0.147 e. The third-order valence-electron chi connectivity index (χ3n) is 6.62. The van der Waals surface area contributed by atoms with Crippen LogP contribution in [0.3, 0.4) is 0 Å². The van der Waals surface area contributed by atoms with E-state index in [0.717, 1.165) is 77.9 Å². The summed E-state index contributed by atoms with van der Waals surface area (Å²) in [7, 11) is 3.84. The van der Waals surface area contributed by atoms with Gasteiger partial charge in [-0.3, -0.25) is 4.90 Å². The van der Waals surface area contributed by atoms with Crippen LogP contribution < -0.4 is 10.2 Å². The van der Waals surface area contributed by atoms with Crippen molar-refractivity contribution in [3.05, 3.63) is 17.5 Å². The molecular weight excluding hydrogens is 452 g/mol. The Morgan fingerprint density at radius 2 is 2.06 bits per heavy atom. The van der Waals surface area contributed by atoms with Crippen molar-refractivity contribution in [2.24, 2.45) is 0 Å². The highest BCUT2D eigenvalue weighted by Crippen LogP contribution is 2.43. The molecule has 1 N–H and O–H groups in total. The van der Waals surface area contributed by atoms with Crippen LogP contribution in [0.4, 0.5) is 11.6 Å². The van der Waals surface area contributed by atoms with Gasteiger partial charge in [0.15, 0.2) is 0 Å². The molecule has 34 heavy (non-hydrogen) atoms. The molecule has 1 saturated heterocycles. The minimum absolute atomic E-state index is 0.230. The lowest BCUT2D eigenvalue weighted by Crippen LogP contribution is -2.41. The van der Waals surface area contributed by atoms with E-state index < -0.39 is 0 Å². The number of pyridine rings is 1. The Morgan fingerprint density at radius 1 is 1.24 bits per heavy atom. The van der Waals surface area contributed by atoms with Gasteiger partial charge in [0.05, 0.1) is 42.2 Å². The highest BCUT2D eigenvalue weighted by atomic mass is 32.1. The van der Waals surface area contributed by atoms with E-state index in [-0.39, 0.29) is 5.60 Å². The van der Waals surface area contributed by atoms with Crippen molar-refractivity contribution in [1.82, 2.24) is 19.9 Å². The molecule has 10 heteroatoms. The first kappa shape index (κ1) is 23.6. The number of aromatic nitrogens is 3. The Bertz CT molecular complexity index is 1160. The van der Waals surface area contributed by atoms with Gasteiger partial charge in [-0.1, -0.05) is 0 Å². The van der Waals surface area contributed by atoms with E-state index in [4.69, 9.17) is 24.2 Å². The second-order valence-electron chi connectivity index (χ2n) is 9.60. The number of ether oxygens (including phenoxy) is 3. The van der Waals surface area contributed by atoms with Crippen LogP contribution in [0.5, 0.6) is 0 Å². The lowest BCUT2D eigenvalue weighted by atomic mass is 9.90. The third-order valence-corrected chi connectivity index (χ3v) is 7.70. The Morgan fingerprint density at radius 3 is 2.85 bits per heavy atom. The van der Waals surface area contributed by atoms with Gasteiger partial charge in [0, 0.05) is 64.3 Å². The highest BCUT2D eigenvalue weighted by molar-refractivity contribution is 7.26. The number of hydrogen-bond acceptors (Lipinski definition) is 10. The number of rotatable bonds is 8. The molecule has 0 aromatic carbocycles. The third kappa shape index (κ3) is 4.70. The number of nitrogens with one attached hydrogen (secondary N) is 1. The Labute approximate surface area is 204 Å². The lowest BCUT2D eigenvalue weighted by molar-refractivity contribution is -0.0395. The van der Waals surface area contributed by atoms with Crippen LogP contribution in [-0.4, -0.2) is 92.2 Å². The average molecular weight is 487 g/mol. The normalized spacial score (nSPS) is 18.4. The van der Waals surface area contributed by atoms with E-state index in [0.29, 0.717) is 19.8 Å². The van der Waals surface area contributed by atoms with Crippen molar-refractivity contribution >= 4 is 43.4 Å². The standard InChI is InChI=1S/C24H34N6O3S/c1-24(2)13-16-17(14-33-24)22(29(3)6-7-30-8-11-32-12-9-30)28-23-18(16)19-20(34-23)21(27-15-26-19)25-5-10-31-4/h15H,5-14H2,1-4H3,(H,25,26,27). The number of likely N-dealkylation sites (N-methyl/N-ethyl adjacent to an activating group) is 1.